The number of ether oxygens (including phenoxy) is 1. The summed E-state index contributed by atoms with van der Waals surface area (Å²) >= 11 is 8.07. The van der Waals surface area contributed by atoms with Gasteiger partial charge in [-0.2, -0.15) is 0 Å². The van der Waals surface area contributed by atoms with Crippen molar-refractivity contribution < 1.29 is 4.74 Å². The van der Waals surface area contributed by atoms with Crippen molar-refractivity contribution in [3.63, 3.8) is 0 Å². The van der Waals surface area contributed by atoms with Crippen LogP contribution in [0.4, 0.5) is 0 Å². The third kappa shape index (κ3) is 4.03. The zero-order valence-electron chi connectivity index (χ0n) is 15.1. The molecule has 1 aliphatic heterocycles. The predicted octanol–water partition coefficient (Wildman–Crippen LogP) is 4.95. The molecule has 7 heteroatoms. The van der Waals surface area contributed by atoms with Crippen LogP contribution in [0.2, 0.25) is 5.02 Å². The minimum absolute atomic E-state index is 0.277. The first-order valence-corrected chi connectivity index (χ1v) is 10.5. The molecular formula is C20H21ClN4OS. The van der Waals surface area contributed by atoms with Gasteiger partial charge in [-0.3, -0.25) is 9.55 Å². The molecule has 0 spiro atoms. The highest BCUT2D eigenvalue weighted by molar-refractivity contribution is 7.99. The lowest BCUT2D eigenvalue weighted by Crippen LogP contribution is -2.21. The predicted molar refractivity (Wildman–Crippen MR) is 109 cm³/mol. The largest absolute Gasteiger partial charge is 0.377 e. The summed E-state index contributed by atoms with van der Waals surface area (Å²) in [6.07, 6.45) is 7.30. The van der Waals surface area contributed by atoms with Crippen LogP contribution >= 0.6 is 23.4 Å². The zero-order valence-corrected chi connectivity index (χ0v) is 16.7. The van der Waals surface area contributed by atoms with Gasteiger partial charge >= 0.3 is 0 Å². The van der Waals surface area contributed by atoms with Gasteiger partial charge in [0.05, 0.1) is 11.8 Å². The van der Waals surface area contributed by atoms with E-state index in [0.717, 1.165) is 58.0 Å². The highest BCUT2D eigenvalue weighted by Crippen LogP contribution is 2.32. The first kappa shape index (κ1) is 18.5. The van der Waals surface area contributed by atoms with E-state index in [1.165, 1.54) is 6.42 Å². The molecule has 3 heterocycles. The lowest BCUT2D eigenvalue weighted by atomic mass is 10.1. The molecule has 3 aromatic rings. The molecule has 1 fully saturated rings. The van der Waals surface area contributed by atoms with Crippen LogP contribution in [-0.4, -0.2) is 38.2 Å². The fourth-order valence-corrected chi connectivity index (χ4v) is 4.39. The van der Waals surface area contributed by atoms with Crippen LogP contribution in [0, 0.1) is 6.92 Å². The summed E-state index contributed by atoms with van der Waals surface area (Å²) in [5.41, 5.74) is 2.97. The zero-order chi connectivity index (χ0) is 18.6. The molecule has 0 radical (unpaired) electrons. The highest BCUT2D eigenvalue weighted by atomic mass is 35.5. The van der Waals surface area contributed by atoms with Gasteiger partial charge in [-0.15, -0.1) is 10.2 Å². The van der Waals surface area contributed by atoms with Crippen LogP contribution in [0.3, 0.4) is 0 Å². The van der Waals surface area contributed by atoms with E-state index in [-0.39, 0.29) is 6.10 Å². The molecule has 5 nitrogen and oxygen atoms in total. The average molecular weight is 401 g/mol. The van der Waals surface area contributed by atoms with Gasteiger partial charge in [0, 0.05) is 35.3 Å². The van der Waals surface area contributed by atoms with Gasteiger partial charge in [0.1, 0.15) is 0 Å². The van der Waals surface area contributed by atoms with E-state index >= 15 is 0 Å². The topological polar surface area (TPSA) is 52.8 Å². The number of hydrogen-bond acceptors (Lipinski definition) is 5. The van der Waals surface area contributed by atoms with Crippen molar-refractivity contribution in [2.45, 2.75) is 37.4 Å². The van der Waals surface area contributed by atoms with Gasteiger partial charge in [-0.05, 0) is 56.0 Å². The molecule has 2 aromatic heterocycles. The summed E-state index contributed by atoms with van der Waals surface area (Å²) in [5, 5.41) is 10.5. The summed E-state index contributed by atoms with van der Waals surface area (Å²) in [4.78, 5) is 4.11. The minimum Gasteiger partial charge on any atom is -0.377 e. The highest BCUT2D eigenvalue weighted by Gasteiger charge is 2.21. The summed E-state index contributed by atoms with van der Waals surface area (Å²) in [6, 6.07) is 9.80. The third-order valence-corrected chi connectivity index (χ3v) is 6.19. The van der Waals surface area contributed by atoms with E-state index in [2.05, 4.69) is 25.8 Å². The Kier molecular flexibility index (Phi) is 5.76. The summed E-state index contributed by atoms with van der Waals surface area (Å²) < 4.78 is 7.96. The molecule has 0 aliphatic carbocycles. The second-order valence-corrected chi connectivity index (χ2v) is 7.96. The number of thioether (sulfide) groups is 1. The van der Waals surface area contributed by atoms with Crippen molar-refractivity contribution in [1.82, 2.24) is 19.7 Å². The number of nitrogens with zero attached hydrogens (tertiary/aromatic N) is 4. The Morgan fingerprint density at radius 1 is 1.19 bits per heavy atom. The lowest BCUT2D eigenvalue weighted by molar-refractivity contribution is 0.0315. The lowest BCUT2D eigenvalue weighted by Gasteiger charge is -2.22. The van der Waals surface area contributed by atoms with Crippen LogP contribution in [0.25, 0.3) is 17.1 Å². The molecule has 4 rings (SSSR count). The monoisotopic (exact) mass is 400 g/mol. The van der Waals surface area contributed by atoms with Crippen molar-refractivity contribution in [1.29, 1.82) is 0 Å². The molecule has 0 bridgehead atoms. The van der Waals surface area contributed by atoms with E-state index in [9.17, 15) is 0 Å². The van der Waals surface area contributed by atoms with Crippen molar-refractivity contribution in [3.05, 3.63) is 53.3 Å². The smallest absolute Gasteiger partial charge is 0.196 e. The molecule has 1 aliphatic rings. The standard InChI is InChI=1S/C20H21ClN4OS/c1-14-17(21)6-4-7-18(14)25-19(15-8-10-22-11-9-15)23-24-20(25)27-13-16-5-2-3-12-26-16/h4,6-11,16H,2-3,5,12-13H2,1H3. The fourth-order valence-electron chi connectivity index (χ4n) is 3.21. The number of benzene rings is 1. The van der Waals surface area contributed by atoms with E-state index in [1.54, 1.807) is 24.2 Å². The molecule has 0 saturated carbocycles. The fraction of sp³-hybridized carbons (Fsp3) is 0.350. The molecule has 0 amide bonds. The Morgan fingerprint density at radius 3 is 2.81 bits per heavy atom. The number of rotatable bonds is 5. The second-order valence-electron chi connectivity index (χ2n) is 6.56. The number of hydrogen-bond donors (Lipinski definition) is 0. The average Bonchev–Trinajstić information content (AvgIpc) is 3.14. The van der Waals surface area contributed by atoms with Gasteiger partial charge in [-0.1, -0.05) is 29.4 Å². The number of aromatic nitrogens is 4. The molecule has 1 unspecified atom stereocenters. The second kappa shape index (κ2) is 8.42. The van der Waals surface area contributed by atoms with Crippen LogP contribution in [0.15, 0.2) is 47.9 Å². The Hall–Kier alpha value is -1.89. The van der Waals surface area contributed by atoms with Crippen LogP contribution < -0.4 is 0 Å². The Bertz CT molecular complexity index is 910. The van der Waals surface area contributed by atoms with Crippen LogP contribution in [0.1, 0.15) is 24.8 Å². The van der Waals surface area contributed by atoms with Crippen molar-refractivity contribution in [3.8, 4) is 17.1 Å². The number of halogens is 1. The van der Waals surface area contributed by atoms with Crippen molar-refractivity contribution in [2.24, 2.45) is 0 Å². The first-order chi connectivity index (χ1) is 13.2. The molecule has 140 valence electrons. The van der Waals surface area contributed by atoms with Crippen LogP contribution in [-0.2, 0) is 4.74 Å². The molecular weight excluding hydrogens is 380 g/mol. The molecule has 1 aromatic carbocycles. The maximum atomic E-state index is 6.39. The Labute approximate surface area is 168 Å². The third-order valence-electron chi connectivity index (χ3n) is 4.72. The molecule has 1 saturated heterocycles. The van der Waals surface area contributed by atoms with Gasteiger partial charge in [0.2, 0.25) is 0 Å². The van der Waals surface area contributed by atoms with E-state index < -0.39 is 0 Å². The van der Waals surface area contributed by atoms with Crippen molar-refractivity contribution in [2.75, 3.05) is 12.4 Å². The molecule has 0 N–H and O–H groups in total. The van der Waals surface area contributed by atoms with Crippen molar-refractivity contribution >= 4 is 23.4 Å². The molecule has 27 heavy (non-hydrogen) atoms. The first-order valence-electron chi connectivity index (χ1n) is 9.10. The minimum atomic E-state index is 0.277. The SMILES string of the molecule is Cc1c(Cl)cccc1-n1c(SCC2CCCCO2)nnc1-c1ccncc1. The van der Waals surface area contributed by atoms with E-state index in [4.69, 9.17) is 16.3 Å². The van der Waals surface area contributed by atoms with E-state index in [1.807, 2.05) is 31.2 Å². The maximum Gasteiger partial charge on any atom is 0.196 e. The summed E-state index contributed by atoms with van der Waals surface area (Å²) in [5.74, 6) is 1.66. The Balaban J connectivity index is 1.73. The van der Waals surface area contributed by atoms with Gasteiger partial charge in [0.25, 0.3) is 0 Å². The summed E-state index contributed by atoms with van der Waals surface area (Å²) in [7, 11) is 0. The number of pyridine rings is 1. The maximum absolute atomic E-state index is 6.39. The summed E-state index contributed by atoms with van der Waals surface area (Å²) in [6.45, 7) is 2.88. The quantitative estimate of drug-likeness (QED) is 0.567. The van der Waals surface area contributed by atoms with Gasteiger partial charge < -0.3 is 4.74 Å². The molecule has 1 atom stereocenters. The Morgan fingerprint density at radius 2 is 2.04 bits per heavy atom. The van der Waals surface area contributed by atoms with Gasteiger partial charge in [0.15, 0.2) is 11.0 Å². The van der Waals surface area contributed by atoms with Crippen LogP contribution in [0.5, 0.6) is 0 Å². The van der Waals surface area contributed by atoms with Gasteiger partial charge in [-0.25, -0.2) is 0 Å². The normalized spacial score (nSPS) is 17.2. The van der Waals surface area contributed by atoms with E-state index in [0.29, 0.717) is 0 Å².